The molecule has 0 aliphatic rings. The fourth-order valence-electron chi connectivity index (χ4n) is 3.59. The van der Waals surface area contributed by atoms with E-state index in [-0.39, 0.29) is 17.2 Å². The van der Waals surface area contributed by atoms with E-state index in [4.69, 9.17) is 16.3 Å². The average molecular weight is 510 g/mol. The topological polar surface area (TPSA) is 97.4 Å². The first kappa shape index (κ1) is 24.8. The van der Waals surface area contributed by atoms with Crippen molar-refractivity contribution < 1.29 is 17.9 Å². The number of nitrogens with zero attached hydrogens (tertiary/aromatic N) is 1. The first-order chi connectivity index (χ1) is 17.0. The third-order valence-electron chi connectivity index (χ3n) is 5.28. The molecule has 0 radical (unpaired) electrons. The Morgan fingerprint density at radius 2 is 1.77 bits per heavy atom. The molecule has 180 valence electrons. The molecule has 7 nitrogen and oxygen atoms in total. The minimum atomic E-state index is -3.67. The van der Waals surface area contributed by atoms with E-state index in [1.807, 2.05) is 12.1 Å². The maximum atomic E-state index is 12.9. The number of ketones is 1. The quantitative estimate of drug-likeness (QED) is 0.234. The van der Waals surface area contributed by atoms with E-state index >= 15 is 0 Å². The second-order valence-electron chi connectivity index (χ2n) is 7.68. The Bertz CT molecular complexity index is 1420. The molecule has 2 N–H and O–H groups in total. The minimum absolute atomic E-state index is 0.172. The summed E-state index contributed by atoms with van der Waals surface area (Å²) < 4.78 is 33.9. The summed E-state index contributed by atoms with van der Waals surface area (Å²) in [6.45, 7) is 1.37. The van der Waals surface area contributed by atoms with Gasteiger partial charge in [0.25, 0.3) is 0 Å². The number of rotatable bonds is 11. The Morgan fingerprint density at radius 1 is 0.943 bits per heavy atom. The van der Waals surface area contributed by atoms with Gasteiger partial charge in [0.1, 0.15) is 12.4 Å². The van der Waals surface area contributed by atoms with Gasteiger partial charge in [0, 0.05) is 53.4 Å². The molecular formula is C26H24ClN3O4S. The number of sulfonamides is 1. The molecule has 4 aromatic rings. The lowest BCUT2D eigenvalue weighted by molar-refractivity contribution is 0.103. The van der Waals surface area contributed by atoms with Crippen LogP contribution in [0.2, 0.25) is 5.02 Å². The molecule has 3 aromatic carbocycles. The van der Waals surface area contributed by atoms with E-state index in [1.165, 1.54) is 0 Å². The van der Waals surface area contributed by atoms with E-state index < -0.39 is 10.0 Å². The van der Waals surface area contributed by atoms with Gasteiger partial charge in [0.2, 0.25) is 10.0 Å². The van der Waals surface area contributed by atoms with Crippen molar-refractivity contribution in [1.82, 2.24) is 15.0 Å². The van der Waals surface area contributed by atoms with Gasteiger partial charge >= 0.3 is 0 Å². The standard InChI is InChI=1S/C26H24ClN3O4S/c27-21-9-10-24(23(17-21)26(31)19-5-2-1-3-6-19)34-16-15-28-13-14-30-35(32,33)25-8-4-7-20-18-29-12-11-22(20)25/h1-12,17-18,28,30H,13-16H2. The van der Waals surface area contributed by atoms with Crippen molar-refractivity contribution >= 4 is 38.2 Å². The molecule has 0 spiro atoms. The summed E-state index contributed by atoms with van der Waals surface area (Å²) in [5.41, 5.74) is 0.939. The molecule has 4 rings (SSSR count). The van der Waals surface area contributed by atoms with E-state index in [1.54, 1.807) is 73.1 Å². The number of fused-ring (bicyclic) bond motifs is 1. The van der Waals surface area contributed by atoms with Gasteiger partial charge in [0.15, 0.2) is 5.78 Å². The van der Waals surface area contributed by atoms with Crippen LogP contribution in [0.5, 0.6) is 5.75 Å². The van der Waals surface area contributed by atoms with E-state index in [2.05, 4.69) is 15.0 Å². The third kappa shape index (κ3) is 6.23. The number of carbonyl (C=O) groups excluding carboxylic acids is 1. The minimum Gasteiger partial charge on any atom is -0.491 e. The van der Waals surface area contributed by atoms with Gasteiger partial charge in [-0.2, -0.15) is 0 Å². The van der Waals surface area contributed by atoms with Crippen LogP contribution in [0.25, 0.3) is 10.8 Å². The molecule has 0 fully saturated rings. The maximum absolute atomic E-state index is 12.9. The highest BCUT2D eigenvalue weighted by Gasteiger charge is 2.17. The fourth-order valence-corrected chi connectivity index (χ4v) is 5.02. The Morgan fingerprint density at radius 3 is 2.60 bits per heavy atom. The van der Waals surface area contributed by atoms with Crippen LogP contribution in [-0.4, -0.2) is 45.4 Å². The second-order valence-corrected chi connectivity index (χ2v) is 9.86. The van der Waals surface area contributed by atoms with Crippen molar-refractivity contribution in [3.8, 4) is 5.75 Å². The molecule has 9 heteroatoms. The zero-order valence-electron chi connectivity index (χ0n) is 18.8. The number of carbonyl (C=O) groups is 1. The number of aromatic nitrogens is 1. The van der Waals surface area contributed by atoms with E-state index in [9.17, 15) is 13.2 Å². The van der Waals surface area contributed by atoms with Crippen LogP contribution in [0.15, 0.2) is 90.1 Å². The van der Waals surface area contributed by atoms with Crippen molar-refractivity contribution in [3.63, 3.8) is 0 Å². The van der Waals surface area contributed by atoms with Crippen LogP contribution in [0.4, 0.5) is 0 Å². The molecule has 0 amide bonds. The number of pyridine rings is 1. The second kappa shape index (κ2) is 11.4. The lowest BCUT2D eigenvalue weighted by Crippen LogP contribution is -2.33. The van der Waals surface area contributed by atoms with Crippen LogP contribution >= 0.6 is 11.6 Å². The SMILES string of the molecule is O=C(c1ccccc1)c1cc(Cl)ccc1OCCNCCNS(=O)(=O)c1cccc2cnccc12. The molecule has 1 aromatic heterocycles. The van der Waals surface area contributed by atoms with Crippen molar-refractivity contribution in [2.45, 2.75) is 4.90 Å². The highest BCUT2D eigenvalue weighted by molar-refractivity contribution is 7.89. The van der Waals surface area contributed by atoms with Gasteiger partial charge < -0.3 is 10.1 Å². The first-order valence-corrected chi connectivity index (χ1v) is 12.9. The Labute approximate surface area is 209 Å². The Kier molecular flexibility index (Phi) is 8.09. The molecular weight excluding hydrogens is 486 g/mol. The van der Waals surface area contributed by atoms with Crippen molar-refractivity contribution in [3.05, 3.63) is 101 Å². The Balaban J connectivity index is 1.27. The molecule has 35 heavy (non-hydrogen) atoms. The highest BCUT2D eigenvalue weighted by atomic mass is 35.5. The number of hydrogen-bond acceptors (Lipinski definition) is 6. The largest absolute Gasteiger partial charge is 0.491 e. The normalized spacial score (nSPS) is 11.5. The summed E-state index contributed by atoms with van der Waals surface area (Å²) in [5.74, 6) is 0.269. The van der Waals surface area contributed by atoms with Gasteiger partial charge in [0.05, 0.1) is 10.5 Å². The van der Waals surface area contributed by atoms with Gasteiger partial charge in [-0.25, -0.2) is 13.1 Å². The predicted molar refractivity (Wildman–Crippen MR) is 137 cm³/mol. The predicted octanol–water partition coefficient (Wildman–Crippen LogP) is 4.07. The summed E-state index contributed by atoms with van der Waals surface area (Å²) in [4.78, 5) is 17.1. The van der Waals surface area contributed by atoms with E-state index in [0.29, 0.717) is 47.0 Å². The molecule has 1 heterocycles. The van der Waals surface area contributed by atoms with Crippen LogP contribution in [0.3, 0.4) is 0 Å². The number of nitrogens with one attached hydrogen (secondary N) is 2. The molecule has 0 aliphatic heterocycles. The lowest BCUT2D eigenvalue weighted by atomic mass is 10.0. The van der Waals surface area contributed by atoms with Crippen LogP contribution in [0.1, 0.15) is 15.9 Å². The van der Waals surface area contributed by atoms with Gasteiger partial charge in [-0.15, -0.1) is 0 Å². The highest BCUT2D eigenvalue weighted by Crippen LogP contribution is 2.26. The molecule has 0 unspecified atom stereocenters. The smallest absolute Gasteiger partial charge is 0.241 e. The van der Waals surface area contributed by atoms with Gasteiger partial charge in [-0.05, 0) is 30.3 Å². The first-order valence-electron chi connectivity index (χ1n) is 11.0. The van der Waals surface area contributed by atoms with Crippen molar-refractivity contribution in [2.75, 3.05) is 26.2 Å². The summed E-state index contributed by atoms with van der Waals surface area (Å²) in [5, 5.41) is 4.97. The lowest BCUT2D eigenvalue weighted by Gasteiger charge is -2.13. The van der Waals surface area contributed by atoms with Crippen LogP contribution < -0.4 is 14.8 Å². The van der Waals surface area contributed by atoms with Crippen LogP contribution in [0, 0.1) is 0 Å². The maximum Gasteiger partial charge on any atom is 0.241 e. The summed E-state index contributed by atoms with van der Waals surface area (Å²) in [6, 6.07) is 20.6. The molecule has 0 atom stereocenters. The summed E-state index contributed by atoms with van der Waals surface area (Å²) in [7, 11) is -3.67. The number of benzene rings is 3. The van der Waals surface area contributed by atoms with Crippen LogP contribution in [-0.2, 0) is 10.0 Å². The molecule has 0 saturated carbocycles. The zero-order valence-corrected chi connectivity index (χ0v) is 20.4. The van der Waals surface area contributed by atoms with Crippen molar-refractivity contribution in [2.24, 2.45) is 0 Å². The third-order valence-corrected chi connectivity index (χ3v) is 7.04. The summed E-state index contributed by atoms with van der Waals surface area (Å²) in [6.07, 6.45) is 3.21. The molecule has 0 saturated heterocycles. The van der Waals surface area contributed by atoms with E-state index in [0.717, 1.165) is 5.39 Å². The van der Waals surface area contributed by atoms with Gasteiger partial charge in [-0.1, -0.05) is 54.1 Å². The van der Waals surface area contributed by atoms with Gasteiger partial charge in [-0.3, -0.25) is 9.78 Å². The zero-order chi connectivity index (χ0) is 24.7. The Hall–Kier alpha value is -3.30. The van der Waals surface area contributed by atoms with Crippen molar-refractivity contribution in [1.29, 1.82) is 0 Å². The number of halogens is 1. The average Bonchev–Trinajstić information content (AvgIpc) is 2.88. The molecule has 0 aliphatic carbocycles. The molecule has 0 bridgehead atoms. The summed E-state index contributed by atoms with van der Waals surface area (Å²) >= 11 is 6.10. The number of hydrogen-bond donors (Lipinski definition) is 2. The number of ether oxygens (including phenoxy) is 1. The fraction of sp³-hybridized carbons (Fsp3) is 0.154. The monoisotopic (exact) mass is 509 g/mol.